The minimum Gasteiger partial charge on any atom is -0.426 e. The minimum atomic E-state index is -0.188. The lowest BCUT2D eigenvalue weighted by Gasteiger charge is -2.13. The quantitative estimate of drug-likeness (QED) is 0.426. The second kappa shape index (κ2) is 7.95. The van der Waals surface area contributed by atoms with Crippen LogP contribution in [-0.2, 0) is 9.53 Å². The third-order valence-corrected chi connectivity index (χ3v) is 2.89. The molecule has 0 radical (unpaired) electrons. The molecule has 1 aromatic rings. The van der Waals surface area contributed by atoms with Crippen LogP contribution in [0, 0.1) is 6.92 Å². The molecule has 0 aliphatic carbocycles. The summed E-state index contributed by atoms with van der Waals surface area (Å²) in [6.07, 6.45) is 1.10. The highest BCUT2D eigenvalue weighted by Gasteiger charge is 2.12. The van der Waals surface area contributed by atoms with Crippen LogP contribution in [0.25, 0.3) is 0 Å². The molecule has 3 nitrogen and oxygen atoms in total. The Morgan fingerprint density at radius 2 is 2.05 bits per heavy atom. The van der Waals surface area contributed by atoms with Gasteiger partial charge in [0.15, 0.2) is 0 Å². The maximum atomic E-state index is 11.8. The Kier molecular flexibility index (Phi) is 6.57. The summed E-state index contributed by atoms with van der Waals surface area (Å²) in [6, 6.07) is 6.00. The van der Waals surface area contributed by atoms with Gasteiger partial charge in [0, 0.05) is 19.6 Å². The van der Waals surface area contributed by atoms with Crippen molar-refractivity contribution in [1.82, 2.24) is 0 Å². The van der Waals surface area contributed by atoms with E-state index in [-0.39, 0.29) is 5.97 Å². The van der Waals surface area contributed by atoms with E-state index in [1.54, 1.807) is 0 Å². The molecule has 0 fully saturated rings. The van der Waals surface area contributed by atoms with E-state index in [2.05, 4.69) is 13.8 Å². The third-order valence-electron chi connectivity index (χ3n) is 2.89. The summed E-state index contributed by atoms with van der Waals surface area (Å²) in [4.78, 5) is 11.8. The van der Waals surface area contributed by atoms with E-state index in [4.69, 9.17) is 9.47 Å². The van der Waals surface area contributed by atoms with E-state index in [1.165, 1.54) is 0 Å². The number of benzene rings is 1. The largest absolute Gasteiger partial charge is 0.426 e. The summed E-state index contributed by atoms with van der Waals surface area (Å²) in [5, 5.41) is 0. The lowest BCUT2D eigenvalue weighted by atomic mass is 10.0. The summed E-state index contributed by atoms with van der Waals surface area (Å²) in [5.74, 6) is 0.843. The molecule has 0 heterocycles. The van der Waals surface area contributed by atoms with Crippen LogP contribution in [0.4, 0.5) is 0 Å². The van der Waals surface area contributed by atoms with Gasteiger partial charge in [0.05, 0.1) is 0 Å². The second-order valence-corrected chi connectivity index (χ2v) is 4.97. The van der Waals surface area contributed by atoms with Gasteiger partial charge in [-0.3, -0.25) is 4.79 Å². The maximum Gasteiger partial charge on any atom is 0.311 e. The van der Waals surface area contributed by atoms with Crippen molar-refractivity contribution in [3.05, 3.63) is 29.3 Å². The van der Waals surface area contributed by atoms with Crippen LogP contribution in [0.3, 0.4) is 0 Å². The van der Waals surface area contributed by atoms with Crippen LogP contribution >= 0.6 is 0 Å². The van der Waals surface area contributed by atoms with E-state index in [0.717, 1.165) is 11.1 Å². The summed E-state index contributed by atoms with van der Waals surface area (Å²) in [7, 11) is 0. The van der Waals surface area contributed by atoms with Crippen molar-refractivity contribution in [3.8, 4) is 5.75 Å². The number of ether oxygens (including phenoxy) is 2. The Morgan fingerprint density at radius 3 is 2.68 bits per heavy atom. The van der Waals surface area contributed by atoms with Gasteiger partial charge in [-0.2, -0.15) is 0 Å². The molecule has 0 aromatic heterocycles. The number of aryl methyl sites for hydroxylation is 1. The van der Waals surface area contributed by atoms with E-state index < -0.39 is 0 Å². The highest BCUT2D eigenvalue weighted by molar-refractivity contribution is 5.72. The number of esters is 1. The molecule has 106 valence electrons. The second-order valence-electron chi connectivity index (χ2n) is 4.97. The molecule has 1 aromatic carbocycles. The van der Waals surface area contributed by atoms with Gasteiger partial charge in [0.25, 0.3) is 0 Å². The molecule has 3 heteroatoms. The van der Waals surface area contributed by atoms with Crippen molar-refractivity contribution in [2.75, 3.05) is 13.2 Å². The van der Waals surface area contributed by atoms with Crippen LogP contribution in [0.5, 0.6) is 5.75 Å². The average Bonchev–Trinajstić information content (AvgIpc) is 2.34. The first kappa shape index (κ1) is 15.7. The molecule has 0 saturated heterocycles. The average molecular weight is 264 g/mol. The van der Waals surface area contributed by atoms with E-state index >= 15 is 0 Å². The van der Waals surface area contributed by atoms with Crippen LogP contribution in [-0.4, -0.2) is 19.2 Å². The van der Waals surface area contributed by atoms with Crippen molar-refractivity contribution < 1.29 is 14.3 Å². The van der Waals surface area contributed by atoms with Crippen molar-refractivity contribution in [1.29, 1.82) is 0 Å². The summed E-state index contributed by atoms with van der Waals surface area (Å²) in [6.45, 7) is 9.42. The van der Waals surface area contributed by atoms with Crippen LogP contribution in [0.15, 0.2) is 18.2 Å². The van der Waals surface area contributed by atoms with Gasteiger partial charge in [-0.1, -0.05) is 26.0 Å². The fourth-order valence-electron chi connectivity index (χ4n) is 1.84. The maximum absolute atomic E-state index is 11.8. The number of hydrogen-bond donors (Lipinski definition) is 0. The topological polar surface area (TPSA) is 35.5 Å². The predicted molar refractivity (Wildman–Crippen MR) is 76.6 cm³/mol. The van der Waals surface area contributed by atoms with Crippen LogP contribution < -0.4 is 4.74 Å². The zero-order chi connectivity index (χ0) is 14.3. The van der Waals surface area contributed by atoms with E-state index in [0.29, 0.717) is 37.7 Å². The van der Waals surface area contributed by atoms with Gasteiger partial charge in [0.2, 0.25) is 0 Å². The van der Waals surface area contributed by atoms with Crippen molar-refractivity contribution in [2.45, 2.75) is 46.5 Å². The summed E-state index contributed by atoms with van der Waals surface area (Å²) < 4.78 is 10.7. The van der Waals surface area contributed by atoms with Gasteiger partial charge < -0.3 is 9.47 Å². The van der Waals surface area contributed by atoms with Crippen molar-refractivity contribution >= 4 is 5.97 Å². The molecule has 1 rings (SSSR count). The molecule has 0 spiro atoms. The Labute approximate surface area is 115 Å². The zero-order valence-electron chi connectivity index (χ0n) is 12.4. The van der Waals surface area contributed by atoms with Crippen LogP contribution in [0.1, 0.15) is 50.7 Å². The van der Waals surface area contributed by atoms with Gasteiger partial charge >= 0.3 is 5.97 Å². The molecule has 19 heavy (non-hydrogen) atoms. The first-order valence-corrected chi connectivity index (χ1v) is 6.93. The lowest BCUT2D eigenvalue weighted by molar-refractivity contribution is -0.134. The van der Waals surface area contributed by atoms with E-state index in [9.17, 15) is 4.79 Å². The number of hydrogen-bond acceptors (Lipinski definition) is 3. The molecule has 0 unspecified atom stereocenters. The summed E-state index contributed by atoms with van der Waals surface area (Å²) in [5.41, 5.74) is 2.17. The third kappa shape index (κ3) is 5.43. The van der Waals surface area contributed by atoms with Gasteiger partial charge in [-0.25, -0.2) is 0 Å². The van der Waals surface area contributed by atoms with E-state index in [1.807, 2.05) is 32.0 Å². The fourth-order valence-corrected chi connectivity index (χ4v) is 1.84. The predicted octanol–water partition coefficient (Wildman–Crippen LogP) is 3.84. The van der Waals surface area contributed by atoms with Gasteiger partial charge in [-0.15, -0.1) is 0 Å². The van der Waals surface area contributed by atoms with Gasteiger partial charge in [0.1, 0.15) is 5.75 Å². The fraction of sp³-hybridized carbons (Fsp3) is 0.562. The highest BCUT2D eigenvalue weighted by atomic mass is 16.5. The van der Waals surface area contributed by atoms with Crippen LogP contribution in [0.2, 0.25) is 0 Å². The molecular formula is C16H24O3. The highest BCUT2D eigenvalue weighted by Crippen LogP contribution is 2.27. The Balaban J connectivity index is 2.60. The smallest absolute Gasteiger partial charge is 0.311 e. The first-order valence-electron chi connectivity index (χ1n) is 6.93. The molecular weight excluding hydrogens is 240 g/mol. The first-order chi connectivity index (χ1) is 9.04. The van der Waals surface area contributed by atoms with Gasteiger partial charge in [-0.05, 0) is 43.4 Å². The number of carbonyl (C=O) groups is 1. The minimum absolute atomic E-state index is 0.188. The lowest BCUT2D eigenvalue weighted by Crippen LogP contribution is -2.11. The summed E-state index contributed by atoms with van der Waals surface area (Å²) >= 11 is 0. The van der Waals surface area contributed by atoms with Crippen molar-refractivity contribution in [2.24, 2.45) is 0 Å². The standard InChI is InChI=1S/C16H24O3/c1-5-18-10-6-7-16(17)19-15-11-13(4)8-9-14(15)12(2)3/h8-9,11-12H,5-7,10H2,1-4H3. The molecule has 0 bridgehead atoms. The molecule has 0 amide bonds. The molecule has 0 atom stereocenters. The zero-order valence-corrected chi connectivity index (χ0v) is 12.4. The monoisotopic (exact) mass is 264 g/mol. The molecule has 0 aliphatic rings. The normalized spacial score (nSPS) is 10.8. The van der Waals surface area contributed by atoms with Crippen molar-refractivity contribution in [3.63, 3.8) is 0 Å². The molecule has 0 N–H and O–H groups in total. The molecule has 0 aliphatic heterocycles. The Bertz CT molecular complexity index is 410. The molecule has 0 saturated carbocycles. The Hall–Kier alpha value is -1.35. The number of carbonyl (C=O) groups excluding carboxylic acids is 1. The number of rotatable bonds is 7. The SMILES string of the molecule is CCOCCCC(=O)Oc1cc(C)ccc1C(C)C. The Morgan fingerprint density at radius 1 is 1.32 bits per heavy atom.